The molecule has 74 heavy (non-hydrogen) atoms. The van der Waals surface area contributed by atoms with Crippen LogP contribution in [0.4, 0.5) is 0 Å². The van der Waals surface area contributed by atoms with E-state index in [9.17, 15) is 0 Å². The number of rotatable bonds is 48. The second-order valence-corrected chi connectivity index (χ2v) is 24.1. The molecule has 0 spiro atoms. The Morgan fingerprint density at radius 3 is 0.270 bits per heavy atom. The van der Waals surface area contributed by atoms with Gasteiger partial charge in [-0.2, -0.15) is 0 Å². The number of unbranched alkanes of at least 4 members (excludes halogenated alkanes) is 16. The number of nitrogens with zero attached hydrogens (tertiary/aromatic N) is 4. The third-order valence-corrected chi connectivity index (χ3v) is 15.8. The van der Waals surface area contributed by atoms with Gasteiger partial charge in [-0.05, 0) is 103 Å². The zero-order valence-corrected chi connectivity index (χ0v) is 56.1. The van der Waals surface area contributed by atoms with Crippen molar-refractivity contribution in [2.45, 2.75) is 316 Å². The average Bonchev–Trinajstić information content (AvgIpc) is 3.39. The molecule has 0 aromatic carbocycles. The van der Waals surface area contributed by atoms with Crippen LogP contribution in [0.1, 0.15) is 316 Å². The largest absolute Gasteiger partial charge is 0.894 e. The van der Waals surface area contributed by atoms with Crippen LogP contribution in [0.2, 0.25) is 0 Å². The standard InChI is InChI=1S/4C16H36N.ClH.O4Si/c4*1-5-9-13-17(14-10-6-2,15-11-7-3)16-12-8-4;;1-5(2,3)4/h4*5-16H2,1-4H3;1H;/q4*+1;;-4. The minimum absolute atomic E-state index is 0. The Hall–Kier alpha value is 0.187. The minimum atomic E-state index is -5.61. The van der Waals surface area contributed by atoms with Crippen LogP contribution in [-0.4, -0.2) is 132 Å². The lowest BCUT2D eigenvalue weighted by Crippen LogP contribution is -2.82. The molecule has 0 aromatic heterocycles. The molecule has 0 aliphatic rings. The normalized spacial score (nSPS) is 11.8. The molecular weight excluding hydrogens is 952 g/mol. The summed E-state index contributed by atoms with van der Waals surface area (Å²) < 4.78 is 5.68. The first-order chi connectivity index (χ1) is 35.0. The van der Waals surface area contributed by atoms with Crippen molar-refractivity contribution in [1.82, 2.24) is 0 Å². The summed E-state index contributed by atoms with van der Waals surface area (Å²) in [6.07, 6.45) is 44.2. The molecule has 0 aliphatic heterocycles. The summed E-state index contributed by atoms with van der Waals surface area (Å²) in [5.74, 6) is 0. The van der Waals surface area contributed by atoms with Gasteiger partial charge in [0.1, 0.15) is 0 Å². The van der Waals surface area contributed by atoms with Crippen LogP contribution >= 0.6 is 12.4 Å². The Bertz CT molecular complexity index is 722. The third-order valence-electron chi connectivity index (χ3n) is 15.8. The molecular formula is C64H145ClN4O4Si. The van der Waals surface area contributed by atoms with Crippen LogP contribution in [0.25, 0.3) is 0 Å². The van der Waals surface area contributed by atoms with Crippen molar-refractivity contribution in [2.75, 3.05) is 105 Å². The maximum atomic E-state index is 8.58. The summed E-state index contributed by atoms with van der Waals surface area (Å²) >= 11 is 0. The molecule has 0 saturated heterocycles. The fourth-order valence-electron chi connectivity index (χ4n) is 10.6. The van der Waals surface area contributed by atoms with Crippen LogP contribution in [0.15, 0.2) is 0 Å². The lowest BCUT2D eigenvalue weighted by Gasteiger charge is -2.67. The van der Waals surface area contributed by atoms with E-state index < -0.39 is 9.05 Å². The molecule has 0 aliphatic carbocycles. The quantitative estimate of drug-likeness (QED) is 0.0448. The molecule has 0 saturated carbocycles. The average molecular weight is 1100 g/mol. The molecule has 8 nitrogen and oxygen atoms in total. The fraction of sp³-hybridized carbons (Fsp3) is 1.00. The molecule has 0 atom stereocenters. The van der Waals surface area contributed by atoms with Crippen LogP contribution in [0.3, 0.4) is 0 Å². The first-order valence-electron chi connectivity index (χ1n) is 33.2. The number of halogens is 1. The summed E-state index contributed by atoms with van der Waals surface area (Å²) in [6.45, 7) is 60.1. The van der Waals surface area contributed by atoms with Gasteiger partial charge in [0.15, 0.2) is 0 Å². The van der Waals surface area contributed by atoms with E-state index in [1.54, 1.807) is 0 Å². The molecule has 0 aromatic rings. The Balaban J connectivity index is -0.000000201. The van der Waals surface area contributed by atoms with E-state index in [0.717, 1.165) is 0 Å². The molecule has 0 bridgehead atoms. The highest BCUT2D eigenvalue weighted by Gasteiger charge is 2.28. The van der Waals surface area contributed by atoms with Crippen LogP contribution < -0.4 is 19.2 Å². The highest BCUT2D eigenvalue weighted by molar-refractivity contribution is 6.38. The van der Waals surface area contributed by atoms with Crippen molar-refractivity contribution < 1.29 is 37.1 Å². The molecule has 0 unspecified atom stereocenters. The molecule has 456 valence electrons. The van der Waals surface area contributed by atoms with E-state index in [-0.39, 0.29) is 12.4 Å². The maximum Gasteiger partial charge on any atom is 0.0786 e. The summed E-state index contributed by atoms with van der Waals surface area (Å²) in [5, 5.41) is 0. The molecule has 0 N–H and O–H groups in total. The Labute approximate surface area is 477 Å². The van der Waals surface area contributed by atoms with Crippen molar-refractivity contribution >= 4 is 21.5 Å². The van der Waals surface area contributed by atoms with Crippen molar-refractivity contribution in [1.29, 1.82) is 0 Å². The Morgan fingerprint density at radius 1 is 0.176 bits per heavy atom. The van der Waals surface area contributed by atoms with E-state index in [0.29, 0.717) is 0 Å². The number of hydrogen-bond donors (Lipinski definition) is 0. The predicted octanol–water partition coefficient (Wildman–Crippen LogP) is 15.3. The van der Waals surface area contributed by atoms with Crippen molar-refractivity contribution in [3.8, 4) is 0 Å². The van der Waals surface area contributed by atoms with E-state index in [4.69, 9.17) is 19.2 Å². The Kier molecular flexibility index (Phi) is 72.1. The van der Waals surface area contributed by atoms with Crippen LogP contribution in [0.5, 0.6) is 0 Å². The van der Waals surface area contributed by atoms with Crippen molar-refractivity contribution in [2.24, 2.45) is 0 Å². The highest BCUT2D eigenvalue weighted by atomic mass is 35.5. The first-order valence-corrected chi connectivity index (χ1v) is 34.8. The summed E-state index contributed by atoms with van der Waals surface area (Å²) in [5.41, 5.74) is 0. The predicted molar refractivity (Wildman–Crippen MR) is 330 cm³/mol. The second-order valence-electron chi connectivity index (χ2n) is 23.1. The summed E-state index contributed by atoms with van der Waals surface area (Å²) in [7, 11) is -5.61. The van der Waals surface area contributed by atoms with Gasteiger partial charge in [0.05, 0.1) is 105 Å². The monoisotopic (exact) mass is 1100 g/mol. The minimum Gasteiger partial charge on any atom is -0.894 e. The second kappa shape index (κ2) is 62.4. The topological polar surface area (TPSA) is 92.2 Å². The van der Waals surface area contributed by atoms with Gasteiger partial charge in [0.25, 0.3) is 0 Å². The van der Waals surface area contributed by atoms with E-state index in [2.05, 4.69) is 111 Å². The molecule has 0 amide bonds. The van der Waals surface area contributed by atoms with E-state index in [1.165, 1.54) is 328 Å². The summed E-state index contributed by atoms with van der Waals surface area (Å²) in [4.78, 5) is 34.3. The van der Waals surface area contributed by atoms with Gasteiger partial charge in [-0.15, -0.1) is 12.4 Å². The lowest BCUT2D eigenvalue weighted by atomic mass is 10.1. The Morgan fingerprint density at radius 2 is 0.230 bits per heavy atom. The summed E-state index contributed by atoms with van der Waals surface area (Å²) in [6, 6.07) is 0. The van der Waals surface area contributed by atoms with Gasteiger partial charge >= 0.3 is 0 Å². The molecule has 0 heterocycles. The van der Waals surface area contributed by atoms with Gasteiger partial charge in [-0.1, -0.05) is 214 Å². The van der Waals surface area contributed by atoms with Gasteiger partial charge in [-0.25, -0.2) is 0 Å². The number of quaternary nitrogens is 4. The number of hydrogen-bond acceptors (Lipinski definition) is 4. The SMILES string of the molecule is CCCC[N+](CCCC)(CCCC)CCCC.CCCC[N+](CCCC)(CCCC)CCCC.CCCC[N+](CCCC)(CCCC)CCCC.CCCC[N+](CCCC)(CCCC)CCCC.Cl.[O-][Si]([O-])([O-])[O-]. The molecule has 10 heteroatoms. The van der Waals surface area contributed by atoms with Gasteiger partial charge in [-0.3, -0.25) is 0 Å². The molecule has 0 fully saturated rings. The highest BCUT2D eigenvalue weighted by Crippen LogP contribution is 2.20. The zero-order chi connectivity index (χ0) is 56.4. The van der Waals surface area contributed by atoms with Crippen molar-refractivity contribution in [3.63, 3.8) is 0 Å². The smallest absolute Gasteiger partial charge is 0.0786 e. The van der Waals surface area contributed by atoms with Crippen molar-refractivity contribution in [3.05, 3.63) is 0 Å². The maximum absolute atomic E-state index is 8.58. The molecule has 0 radical (unpaired) electrons. The zero-order valence-electron chi connectivity index (χ0n) is 54.3. The first kappa shape index (κ1) is 85.5. The van der Waals surface area contributed by atoms with E-state index >= 15 is 0 Å². The van der Waals surface area contributed by atoms with Gasteiger partial charge in [0.2, 0.25) is 0 Å². The fourth-order valence-corrected chi connectivity index (χ4v) is 10.6. The third kappa shape index (κ3) is 56.9. The van der Waals surface area contributed by atoms with E-state index in [1.807, 2.05) is 0 Å². The lowest BCUT2D eigenvalue weighted by molar-refractivity contribution is -0.929. The van der Waals surface area contributed by atoms with Gasteiger partial charge < -0.3 is 46.2 Å². The van der Waals surface area contributed by atoms with Crippen LogP contribution in [0, 0.1) is 0 Å². The molecule has 0 rings (SSSR count). The van der Waals surface area contributed by atoms with Gasteiger partial charge in [0, 0.05) is 0 Å². The van der Waals surface area contributed by atoms with Crippen LogP contribution in [-0.2, 0) is 0 Å².